The van der Waals surface area contributed by atoms with E-state index in [1.165, 1.54) is 51.4 Å². The number of unbranched alkanes of at least 4 members (excludes halogenated alkanes) is 14. The normalized spacial score (nSPS) is 11.9. The molecule has 0 bridgehead atoms. The Morgan fingerprint density at radius 2 is 1.05 bits per heavy atom. The van der Waals surface area contributed by atoms with Crippen LogP contribution in [-0.4, -0.2) is 118 Å². The summed E-state index contributed by atoms with van der Waals surface area (Å²) in [6, 6.07) is 0. The van der Waals surface area contributed by atoms with Crippen LogP contribution in [0, 0.1) is 11.8 Å². The molecular formula is C47H88N2O13. The first-order valence-electron chi connectivity index (χ1n) is 23.6. The summed E-state index contributed by atoms with van der Waals surface area (Å²) >= 11 is 0. The molecule has 15 heteroatoms. The van der Waals surface area contributed by atoms with Crippen molar-refractivity contribution >= 4 is 41.1 Å². The van der Waals surface area contributed by atoms with E-state index in [0.717, 1.165) is 64.2 Å². The Hall–Kier alpha value is -3.27. The van der Waals surface area contributed by atoms with Crippen molar-refractivity contribution in [3.8, 4) is 0 Å². The van der Waals surface area contributed by atoms with Gasteiger partial charge in [-0.05, 0) is 45.4 Å². The van der Waals surface area contributed by atoms with Gasteiger partial charge < -0.3 is 39.8 Å². The summed E-state index contributed by atoms with van der Waals surface area (Å²) in [6.07, 6.45) is 21.1. The van der Waals surface area contributed by atoms with Gasteiger partial charge in [-0.25, -0.2) is 0 Å². The van der Waals surface area contributed by atoms with Crippen molar-refractivity contribution in [1.29, 1.82) is 0 Å². The van der Waals surface area contributed by atoms with Gasteiger partial charge in [-0.2, -0.15) is 0 Å². The van der Waals surface area contributed by atoms with Crippen LogP contribution < -0.4 is 10.6 Å². The number of Topliss-reactive ketones (excluding diaryl/α,β-unsaturated/α-hetero) is 3. The highest BCUT2D eigenvalue weighted by Crippen LogP contribution is 2.17. The molecule has 0 aromatic rings. The minimum absolute atomic E-state index is 0. The summed E-state index contributed by atoms with van der Waals surface area (Å²) in [6.45, 7) is 9.04. The molecule has 0 unspecified atom stereocenters. The van der Waals surface area contributed by atoms with E-state index in [0.29, 0.717) is 72.0 Å². The van der Waals surface area contributed by atoms with Crippen LogP contribution in [0.4, 0.5) is 0 Å². The third-order valence-corrected chi connectivity index (χ3v) is 10.5. The Morgan fingerprint density at radius 3 is 1.60 bits per heavy atom. The number of rotatable bonds is 45. The number of carboxylic acids is 2. The summed E-state index contributed by atoms with van der Waals surface area (Å²) in [5, 5.41) is 23.5. The Labute approximate surface area is 374 Å². The molecule has 0 rings (SSSR count). The number of ether oxygens (including phenoxy) is 4. The fraction of sp³-hybridized carbons (Fsp3) is 0.851. The largest absolute Gasteiger partial charge is 0.481 e. The number of nitrogens with one attached hydrogen (secondary N) is 2. The topological polar surface area (TPSA) is 221 Å². The molecule has 15 nitrogen and oxygen atoms in total. The number of amides is 2. The summed E-state index contributed by atoms with van der Waals surface area (Å²) in [7, 11) is 1.58. The quantitative estimate of drug-likeness (QED) is 0.0426. The zero-order valence-electron chi connectivity index (χ0n) is 39.1. The number of carbonyl (C=O) groups is 7. The lowest BCUT2D eigenvalue weighted by atomic mass is 9.94. The molecule has 0 radical (unpaired) electrons. The number of carbonyl (C=O) groups excluding carboxylic acids is 5. The van der Waals surface area contributed by atoms with Crippen LogP contribution in [0.3, 0.4) is 0 Å². The summed E-state index contributed by atoms with van der Waals surface area (Å²) in [5.41, 5.74) is 0. The van der Waals surface area contributed by atoms with Crippen molar-refractivity contribution in [2.24, 2.45) is 11.8 Å². The van der Waals surface area contributed by atoms with E-state index < -0.39 is 17.9 Å². The summed E-state index contributed by atoms with van der Waals surface area (Å²) in [4.78, 5) is 79.8. The van der Waals surface area contributed by atoms with Gasteiger partial charge in [0.1, 0.15) is 24.0 Å². The number of methoxy groups -OCH3 is 1. The Morgan fingerprint density at radius 1 is 0.532 bits per heavy atom. The predicted molar refractivity (Wildman–Crippen MR) is 242 cm³/mol. The van der Waals surface area contributed by atoms with Gasteiger partial charge in [-0.15, -0.1) is 0 Å². The standard InChI is InChI=1S/C29H53NO8.C18H33NO5.H2/c1-37-22-23-38-21-20-30-27(32)19-18-25(29(35)36)24-26(31)16-14-12-10-8-6-4-2-3-5-7-9-11-13-15-17-28(33)34;1-4-17(21)9-7-11-23-12-13-24-14-18(22)19-10-6-5-8-15(2)16(3)20;/h25H,2-24H2,1H3,(H,30,32)(H,33,34)(H,35,36);15H,4-14H2,1-3H3,(H,19,22);1H/t25-;15-;/m10./s1. The van der Waals surface area contributed by atoms with E-state index in [-0.39, 0.29) is 68.8 Å². The minimum Gasteiger partial charge on any atom is -0.481 e. The number of hydrogen-bond donors (Lipinski definition) is 4. The van der Waals surface area contributed by atoms with E-state index in [9.17, 15) is 38.7 Å². The van der Waals surface area contributed by atoms with Crippen molar-refractivity contribution in [3.63, 3.8) is 0 Å². The second-order valence-corrected chi connectivity index (χ2v) is 16.1. The maximum atomic E-state index is 12.2. The zero-order chi connectivity index (χ0) is 46.5. The monoisotopic (exact) mass is 889 g/mol. The highest BCUT2D eigenvalue weighted by Gasteiger charge is 2.22. The van der Waals surface area contributed by atoms with E-state index in [1.807, 2.05) is 13.8 Å². The zero-order valence-corrected chi connectivity index (χ0v) is 39.1. The highest BCUT2D eigenvalue weighted by molar-refractivity contribution is 5.84. The van der Waals surface area contributed by atoms with Gasteiger partial charge in [0.2, 0.25) is 11.8 Å². The van der Waals surface area contributed by atoms with E-state index in [2.05, 4.69) is 10.6 Å². The molecule has 0 saturated heterocycles. The van der Waals surface area contributed by atoms with Crippen LogP contribution >= 0.6 is 0 Å². The molecule has 0 aliphatic rings. The van der Waals surface area contributed by atoms with Crippen LogP contribution in [0.1, 0.15) is 183 Å². The first kappa shape index (κ1) is 60.8. The number of carboxylic acid groups (broad SMARTS) is 2. The van der Waals surface area contributed by atoms with Gasteiger partial charge in [0, 0.05) is 72.7 Å². The summed E-state index contributed by atoms with van der Waals surface area (Å²) < 4.78 is 20.7. The second-order valence-electron chi connectivity index (χ2n) is 16.1. The van der Waals surface area contributed by atoms with Crippen molar-refractivity contribution in [2.45, 2.75) is 181 Å². The van der Waals surface area contributed by atoms with Gasteiger partial charge >= 0.3 is 11.9 Å². The van der Waals surface area contributed by atoms with Crippen LogP contribution in [0.15, 0.2) is 0 Å². The highest BCUT2D eigenvalue weighted by atomic mass is 16.5. The molecule has 0 aliphatic heterocycles. The van der Waals surface area contributed by atoms with Gasteiger partial charge in [0.05, 0.1) is 39.0 Å². The van der Waals surface area contributed by atoms with Gasteiger partial charge in [0.25, 0.3) is 0 Å². The lowest BCUT2D eigenvalue weighted by molar-refractivity contribution is -0.144. The lowest BCUT2D eigenvalue weighted by Crippen LogP contribution is -2.29. The first-order chi connectivity index (χ1) is 29.8. The Bertz CT molecular complexity index is 1170. The maximum absolute atomic E-state index is 12.2. The van der Waals surface area contributed by atoms with Crippen molar-refractivity contribution in [3.05, 3.63) is 0 Å². The Balaban J connectivity index is -0.00000124. The average Bonchev–Trinajstić information content (AvgIpc) is 3.23. The number of aliphatic carboxylic acids is 2. The molecule has 4 N–H and O–H groups in total. The smallest absolute Gasteiger partial charge is 0.306 e. The van der Waals surface area contributed by atoms with E-state index in [1.54, 1.807) is 14.0 Å². The van der Waals surface area contributed by atoms with E-state index in [4.69, 9.17) is 24.1 Å². The average molecular weight is 889 g/mol. The van der Waals surface area contributed by atoms with Crippen LogP contribution in [0.5, 0.6) is 0 Å². The second kappa shape index (κ2) is 45.7. The third-order valence-electron chi connectivity index (χ3n) is 10.5. The molecule has 0 saturated carbocycles. The van der Waals surface area contributed by atoms with Gasteiger partial charge in [0.15, 0.2) is 0 Å². The third kappa shape index (κ3) is 46.2. The maximum Gasteiger partial charge on any atom is 0.306 e. The fourth-order valence-electron chi connectivity index (χ4n) is 6.30. The molecule has 0 heterocycles. The lowest BCUT2D eigenvalue weighted by Gasteiger charge is -2.12. The van der Waals surface area contributed by atoms with Gasteiger partial charge in [-0.1, -0.05) is 97.3 Å². The van der Waals surface area contributed by atoms with Crippen LogP contribution in [-0.2, 0) is 52.5 Å². The molecule has 2 atom stereocenters. The summed E-state index contributed by atoms with van der Waals surface area (Å²) in [5.74, 6) is -2.38. The molecule has 62 heavy (non-hydrogen) atoms. The van der Waals surface area contributed by atoms with Crippen molar-refractivity contribution in [2.75, 3.05) is 66.4 Å². The molecule has 0 aliphatic carbocycles. The van der Waals surface area contributed by atoms with Crippen LogP contribution in [0.2, 0.25) is 0 Å². The molecular weight excluding hydrogens is 801 g/mol. The van der Waals surface area contributed by atoms with Gasteiger partial charge in [-0.3, -0.25) is 33.6 Å². The SMILES string of the molecule is CCC(=O)CCCOCCOCC(=O)NCCCC[C@H](C)C(C)=O.COCCOCCNC(=O)CC[C@H](CC(=O)CCCCCCCCCCCCCCCCC(=O)O)C(=O)O.[HH]. The number of ketones is 3. The van der Waals surface area contributed by atoms with Crippen LogP contribution in [0.25, 0.3) is 0 Å². The molecule has 364 valence electrons. The minimum atomic E-state index is -1.02. The molecule has 0 spiro atoms. The fourth-order valence-corrected chi connectivity index (χ4v) is 6.30. The Kier molecular flexibility index (Phi) is 44.9. The van der Waals surface area contributed by atoms with E-state index >= 15 is 0 Å². The number of hydrogen-bond acceptors (Lipinski definition) is 11. The molecule has 2 amide bonds. The first-order valence-corrected chi connectivity index (χ1v) is 23.6. The predicted octanol–water partition coefficient (Wildman–Crippen LogP) is 8.07. The molecule has 0 fully saturated rings. The molecule has 0 aromatic heterocycles. The van der Waals surface area contributed by atoms with Crippen molar-refractivity contribution in [1.82, 2.24) is 10.6 Å². The van der Waals surface area contributed by atoms with Crippen molar-refractivity contribution < 1.29 is 64.1 Å². The molecule has 0 aromatic carbocycles.